The van der Waals surface area contributed by atoms with Crippen LogP contribution in [0, 0.1) is 30.9 Å². The maximum atomic E-state index is 12.8. The first kappa shape index (κ1) is 19.1. The molecule has 1 aromatic heterocycles. The summed E-state index contributed by atoms with van der Waals surface area (Å²) >= 11 is 0. The summed E-state index contributed by atoms with van der Waals surface area (Å²) in [4.78, 5) is 28.0. The Labute approximate surface area is 161 Å². The van der Waals surface area contributed by atoms with Gasteiger partial charge in [0.25, 0.3) is 11.2 Å². The van der Waals surface area contributed by atoms with Crippen LogP contribution in [0.4, 0.5) is 11.4 Å². The smallest absolute Gasteiger partial charge is 0.295 e. The lowest BCUT2D eigenvalue weighted by Gasteiger charge is -2.03. The van der Waals surface area contributed by atoms with Crippen LogP contribution in [0.3, 0.4) is 0 Å². The molecule has 0 saturated heterocycles. The number of nitro groups is 1. The van der Waals surface area contributed by atoms with Gasteiger partial charge >= 0.3 is 0 Å². The Balaban J connectivity index is 2.04. The van der Waals surface area contributed by atoms with Crippen molar-refractivity contribution in [2.75, 3.05) is 7.11 Å². The van der Waals surface area contributed by atoms with Crippen LogP contribution in [0.1, 0.15) is 22.4 Å². The Morgan fingerprint density at radius 2 is 1.86 bits per heavy atom. The minimum Gasteiger partial charge on any atom is -0.497 e. The standard InChI is InChI=1S/C20H20N4O4/c1-12-9-13(2)19(18(10-12)24(26)27)21-11-17-14(3)22-23(20(17)25)15-5-7-16(28-4)8-6-15/h5-11,22H,1-4H3. The predicted octanol–water partition coefficient (Wildman–Crippen LogP) is 3.76. The molecule has 0 aliphatic rings. The summed E-state index contributed by atoms with van der Waals surface area (Å²) in [6, 6.07) is 10.3. The van der Waals surface area contributed by atoms with Crippen LogP contribution in [-0.2, 0) is 0 Å². The molecule has 0 saturated carbocycles. The van der Waals surface area contributed by atoms with Crippen LogP contribution >= 0.6 is 0 Å². The monoisotopic (exact) mass is 380 g/mol. The highest BCUT2D eigenvalue weighted by molar-refractivity contribution is 5.85. The number of aliphatic imine (C=N–C) groups is 1. The maximum Gasteiger partial charge on any atom is 0.295 e. The van der Waals surface area contributed by atoms with Crippen LogP contribution in [-0.4, -0.2) is 28.0 Å². The molecule has 0 aliphatic carbocycles. The van der Waals surface area contributed by atoms with Gasteiger partial charge in [0, 0.05) is 18.0 Å². The summed E-state index contributed by atoms with van der Waals surface area (Å²) in [5.41, 5.74) is 2.91. The highest BCUT2D eigenvalue weighted by Crippen LogP contribution is 2.32. The third kappa shape index (κ3) is 3.57. The van der Waals surface area contributed by atoms with Gasteiger partial charge in [-0.1, -0.05) is 6.07 Å². The van der Waals surface area contributed by atoms with E-state index >= 15 is 0 Å². The number of methoxy groups -OCH3 is 1. The number of hydrogen-bond donors (Lipinski definition) is 1. The first-order valence-electron chi connectivity index (χ1n) is 8.57. The third-order valence-electron chi connectivity index (χ3n) is 4.39. The van der Waals surface area contributed by atoms with Crippen molar-refractivity contribution in [2.24, 2.45) is 4.99 Å². The van der Waals surface area contributed by atoms with Crippen molar-refractivity contribution in [3.8, 4) is 11.4 Å². The van der Waals surface area contributed by atoms with Crippen LogP contribution in [0.5, 0.6) is 5.75 Å². The van der Waals surface area contributed by atoms with Gasteiger partial charge in [-0.15, -0.1) is 0 Å². The summed E-state index contributed by atoms with van der Waals surface area (Å²) in [7, 11) is 1.57. The Morgan fingerprint density at radius 3 is 2.46 bits per heavy atom. The molecule has 0 spiro atoms. The molecule has 3 aromatic rings. The minimum absolute atomic E-state index is 0.0857. The number of rotatable bonds is 5. The quantitative estimate of drug-likeness (QED) is 0.413. The van der Waals surface area contributed by atoms with Crippen LogP contribution in [0.2, 0.25) is 0 Å². The molecular formula is C20H20N4O4. The summed E-state index contributed by atoms with van der Waals surface area (Å²) in [5.74, 6) is 0.684. The molecule has 8 heteroatoms. The van der Waals surface area contributed by atoms with E-state index in [1.165, 1.54) is 17.0 Å². The summed E-state index contributed by atoms with van der Waals surface area (Å²) in [5, 5.41) is 14.4. The van der Waals surface area contributed by atoms with Gasteiger partial charge in [-0.2, -0.15) is 0 Å². The third-order valence-corrected chi connectivity index (χ3v) is 4.39. The fraction of sp³-hybridized carbons (Fsp3) is 0.200. The number of aryl methyl sites for hydroxylation is 3. The number of nitrogens with zero attached hydrogens (tertiary/aromatic N) is 3. The number of hydrogen-bond acceptors (Lipinski definition) is 5. The van der Waals surface area contributed by atoms with E-state index in [9.17, 15) is 14.9 Å². The highest BCUT2D eigenvalue weighted by atomic mass is 16.6. The molecule has 2 aromatic carbocycles. The number of benzene rings is 2. The average Bonchev–Trinajstić information content (AvgIpc) is 2.94. The van der Waals surface area contributed by atoms with Crippen molar-refractivity contribution >= 4 is 17.6 Å². The van der Waals surface area contributed by atoms with Gasteiger partial charge in [-0.25, -0.2) is 9.67 Å². The van der Waals surface area contributed by atoms with Crippen molar-refractivity contribution in [2.45, 2.75) is 20.8 Å². The zero-order valence-electron chi connectivity index (χ0n) is 16.0. The first-order valence-corrected chi connectivity index (χ1v) is 8.57. The Hall–Kier alpha value is -3.68. The van der Waals surface area contributed by atoms with Crippen LogP contribution < -0.4 is 10.3 Å². The Kier molecular flexibility index (Phi) is 5.12. The molecule has 0 unspecified atom stereocenters. The number of nitrogens with one attached hydrogen (secondary N) is 1. The lowest BCUT2D eigenvalue weighted by atomic mass is 10.1. The van der Waals surface area contributed by atoms with Gasteiger partial charge in [0.15, 0.2) is 0 Å². The molecule has 144 valence electrons. The van der Waals surface area contributed by atoms with E-state index in [0.29, 0.717) is 28.3 Å². The molecule has 0 aliphatic heterocycles. The highest BCUT2D eigenvalue weighted by Gasteiger charge is 2.17. The Morgan fingerprint density at radius 1 is 1.18 bits per heavy atom. The number of nitro benzene ring substituents is 1. The number of ether oxygens (including phenoxy) is 1. The van der Waals surface area contributed by atoms with E-state index < -0.39 is 4.92 Å². The van der Waals surface area contributed by atoms with Gasteiger partial charge in [0.2, 0.25) is 0 Å². The van der Waals surface area contributed by atoms with Crippen molar-refractivity contribution in [3.05, 3.63) is 79.3 Å². The molecule has 28 heavy (non-hydrogen) atoms. The fourth-order valence-corrected chi connectivity index (χ4v) is 3.00. The van der Waals surface area contributed by atoms with E-state index in [1.807, 2.05) is 6.07 Å². The van der Waals surface area contributed by atoms with Gasteiger partial charge in [0.1, 0.15) is 11.4 Å². The molecule has 0 bridgehead atoms. The number of aromatic nitrogens is 2. The normalized spacial score (nSPS) is 11.1. The molecule has 0 fully saturated rings. The number of aromatic amines is 1. The molecule has 1 N–H and O–H groups in total. The second-order valence-corrected chi connectivity index (χ2v) is 6.45. The van der Waals surface area contributed by atoms with Crippen molar-refractivity contribution in [3.63, 3.8) is 0 Å². The molecule has 0 amide bonds. The van der Waals surface area contributed by atoms with Crippen LogP contribution in [0.15, 0.2) is 46.2 Å². The van der Waals surface area contributed by atoms with E-state index in [0.717, 1.165) is 5.56 Å². The predicted molar refractivity (Wildman–Crippen MR) is 108 cm³/mol. The molecule has 3 rings (SSSR count). The maximum absolute atomic E-state index is 12.8. The zero-order valence-corrected chi connectivity index (χ0v) is 16.0. The van der Waals surface area contributed by atoms with Gasteiger partial charge in [-0.05, 0) is 56.2 Å². The Bertz CT molecular complexity index is 1120. The van der Waals surface area contributed by atoms with E-state index in [1.54, 1.807) is 52.1 Å². The molecule has 8 nitrogen and oxygen atoms in total. The molecular weight excluding hydrogens is 360 g/mol. The van der Waals surface area contributed by atoms with Gasteiger partial charge in [0.05, 0.1) is 23.3 Å². The second kappa shape index (κ2) is 7.51. The number of H-pyrrole nitrogens is 1. The molecule has 1 heterocycles. The van der Waals surface area contributed by atoms with Gasteiger partial charge < -0.3 is 4.74 Å². The van der Waals surface area contributed by atoms with Crippen molar-refractivity contribution in [1.29, 1.82) is 0 Å². The summed E-state index contributed by atoms with van der Waals surface area (Å²) in [6.45, 7) is 5.29. The summed E-state index contributed by atoms with van der Waals surface area (Å²) < 4.78 is 6.52. The van der Waals surface area contributed by atoms with E-state index in [-0.39, 0.29) is 16.9 Å². The lowest BCUT2D eigenvalue weighted by Crippen LogP contribution is -2.17. The lowest BCUT2D eigenvalue weighted by molar-refractivity contribution is -0.384. The SMILES string of the molecule is COc1ccc(-n2[nH]c(C)c(C=Nc3c(C)cc(C)cc3[N+](=O)[O-])c2=O)cc1. The first-order chi connectivity index (χ1) is 13.3. The van der Waals surface area contributed by atoms with Crippen molar-refractivity contribution in [1.82, 2.24) is 9.78 Å². The summed E-state index contributed by atoms with van der Waals surface area (Å²) in [6.07, 6.45) is 1.37. The van der Waals surface area contributed by atoms with Crippen molar-refractivity contribution < 1.29 is 9.66 Å². The minimum atomic E-state index is -0.466. The molecule has 0 atom stereocenters. The van der Waals surface area contributed by atoms with E-state index in [4.69, 9.17) is 4.74 Å². The zero-order chi connectivity index (χ0) is 20.4. The fourth-order valence-electron chi connectivity index (χ4n) is 3.00. The van der Waals surface area contributed by atoms with Gasteiger partial charge in [-0.3, -0.25) is 20.0 Å². The molecule has 0 radical (unpaired) electrons. The second-order valence-electron chi connectivity index (χ2n) is 6.45. The van der Waals surface area contributed by atoms with E-state index in [2.05, 4.69) is 10.1 Å². The topological polar surface area (TPSA) is 103 Å². The largest absolute Gasteiger partial charge is 0.497 e. The average molecular weight is 380 g/mol. The van der Waals surface area contributed by atoms with Crippen LogP contribution in [0.25, 0.3) is 5.69 Å².